The maximum Gasteiger partial charge on any atom is 0.239 e. The lowest BCUT2D eigenvalue weighted by atomic mass is 10.2. The van der Waals surface area contributed by atoms with E-state index in [0.717, 1.165) is 39.0 Å². The van der Waals surface area contributed by atoms with Crippen molar-refractivity contribution in [3.63, 3.8) is 0 Å². The van der Waals surface area contributed by atoms with Gasteiger partial charge in [0.2, 0.25) is 5.91 Å². The molecule has 1 aliphatic heterocycles. The van der Waals surface area contributed by atoms with Gasteiger partial charge in [0.15, 0.2) is 0 Å². The molecular weight excluding hydrogens is 234 g/mol. The van der Waals surface area contributed by atoms with Crippen molar-refractivity contribution in [2.45, 2.75) is 39.2 Å². The van der Waals surface area contributed by atoms with Gasteiger partial charge in [0.1, 0.15) is 0 Å². The van der Waals surface area contributed by atoms with Crippen LogP contribution in [0.5, 0.6) is 0 Å². The van der Waals surface area contributed by atoms with E-state index in [9.17, 15) is 4.79 Å². The fraction of sp³-hybridized carbons (Fsp3) is 0.833. The summed E-state index contributed by atoms with van der Waals surface area (Å²) in [7, 11) is 0. The summed E-state index contributed by atoms with van der Waals surface area (Å²) in [5.41, 5.74) is 5.50. The molecule has 2 N–H and O–H groups in total. The Hall–Kier alpha value is -0.680. The van der Waals surface area contributed by atoms with Gasteiger partial charge in [-0.1, -0.05) is 19.1 Å². The van der Waals surface area contributed by atoms with E-state index in [1.807, 2.05) is 11.8 Å². The van der Waals surface area contributed by atoms with Crippen molar-refractivity contribution < 1.29 is 4.79 Å². The quantitative estimate of drug-likeness (QED) is 0.721. The first-order chi connectivity index (χ1) is 8.06. The van der Waals surface area contributed by atoms with Gasteiger partial charge in [-0.25, -0.2) is 0 Å². The summed E-state index contributed by atoms with van der Waals surface area (Å²) >= 11 is 4.88. The van der Waals surface area contributed by atoms with Crippen LogP contribution >= 0.6 is 12.2 Å². The summed E-state index contributed by atoms with van der Waals surface area (Å²) in [5.74, 6) is 0.243. The molecule has 1 heterocycles. The summed E-state index contributed by atoms with van der Waals surface area (Å²) in [6.45, 7) is 7.49. The van der Waals surface area contributed by atoms with Crippen LogP contribution in [0, 0.1) is 0 Å². The zero-order valence-corrected chi connectivity index (χ0v) is 11.6. The van der Waals surface area contributed by atoms with Crippen LogP contribution < -0.4 is 5.73 Å². The van der Waals surface area contributed by atoms with Crippen LogP contribution in [0.15, 0.2) is 0 Å². The van der Waals surface area contributed by atoms with Crippen molar-refractivity contribution in [1.82, 2.24) is 9.80 Å². The van der Waals surface area contributed by atoms with Gasteiger partial charge in [-0.3, -0.25) is 9.69 Å². The molecule has 0 aromatic rings. The summed E-state index contributed by atoms with van der Waals surface area (Å²) in [6.07, 6.45) is 2.95. The van der Waals surface area contributed by atoms with Crippen LogP contribution in [0.4, 0.5) is 0 Å². The predicted octanol–water partition coefficient (Wildman–Crippen LogP) is 0.995. The van der Waals surface area contributed by atoms with Crippen LogP contribution in [0.3, 0.4) is 0 Å². The Morgan fingerprint density at radius 3 is 2.53 bits per heavy atom. The highest BCUT2D eigenvalue weighted by Crippen LogP contribution is 2.12. The Bertz CT molecular complexity index is 277. The topological polar surface area (TPSA) is 49.6 Å². The molecule has 5 heteroatoms. The fourth-order valence-electron chi connectivity index (χ4n) is 2.24. The Kier molecular flexibility index (Phi) is 5.85. The largest absolute Gasteiger partial charge is 0.393 e. The van der Waals surface area contributed by atoms with Crippen molar-refractivity contribution in [1.29, 1.82) is 0 Å². The van der Waals surface area contributed by atoms with Crippen molar-refractivity contribution in [3.8, 4) is 0 Å². The van der Waals surface area contributed by atoms with Crippen molar-refractivity contribution >= 4 is 23.1 Å². The molecule has 17 heavy (non-hydrogen) atoms. The zero-order valence-electron chi connectivity index (χ0n) is 10.8. The molecule has 1 aliphatic rings. The summed E-state index contributed by atoms with van der Waals surface area (Å²) in [4.78, 5) is 16.8. The van der Waals surface area contributed by atoms with Gasteiger partial charge in [0, 0.05) is 26.1 Å². The summed E-state index contributed by atoms with van der Waals surface area (Å²) in [5, 5.41) is 0. The second-order valence-corrected chi connectivity index (χ2v) is 5.08. The molecule has 1 unspecified atom stereocenters. The number of hydrogen-bond donors (Lipinski definition) is 1. The van der Waals surface area contributed by atoms with Crippen molar-refractivity contribution in [2.75, 3.05) is 26.2 Å². The highest BCUT2D eigenvalue weighted by molar-refractivity contribution is 7.80. The standard InChI is InChI=1S/C12H23N3OS/c1-3-14(9-6-11(13)17)10(2)12(16)15-7-4-5-8-15/h10H,3-9H2,1-2H3,(H2,13,17). The number of nitrogens with zero attached hydrogens (tertiary/aromatic N) is 2. The minimum atomic E-state index is -0.0625. The first-order valence-electron chi connectivity index (χ1n) is 6.37. The average Bonchev–Trinajstić information content (AvgIpc) is 2.81. The lowest BCUT2D eigenvalue weighted by Crippen LogP contribution is -2.47. The molecule has 0 saturated carbocycles. The molecule has 0 radical (unpaired) electrons. The predicted molar refractivity (Wildman–Crippen MR) is 73.9 cm³/mol. The molecule has 1 rings (SSSR count). The third-order valence-electron chi connectivity index (χ3n) is 3.37. The van der Waals surface area contributed by atoms with E-state index >= 15 is 0 Å². The first kappa shape index (κ1) is 14.4. The van der Waals surface area contributed by atoms with E-state index in [1.54, 1.807) is 0 Å². The fourth-order valence-corrected chi connectivity index (χ4v) is 2.33. The van der Waals surface area contributed by atoms with Gasteiger partial charge >= 0.3 is 0 Å². The molecule has 4 nitrogen and oxygen atoms in total. The lowest BCUT2D eigenvalue weighted by Gasteiger charge is -2.30. The Balaban J connectivity index is 2.48. The number of hydrogen-bond acceptors (Lipinski definition) is 3. The molecular formula is C12H23N3OS. The van der Waals surface area contributed by atoms with Gasteiger partial charge < -0.3 is 10.6 Å². The van der Waals surface area contributed by atoms with Crippen molar-refractivity contribution in [2.24, 2.45) is 5.73 Å². The molecule has 0 spiro atoms. The summed E-state index contributed by atoms with van der Waals surface area (Å²) in [6, 6.07) is -0.0625. The average molecular weight is 257 g/mol. The van der Waals surface area contributed by atoms with E-state index in [2.05, 4.69) is 11.8 Å². The van der Waals surface area contributed by atoms with Crippen LogP contribution in [0.1, 0.15) is 33.1 Å². The summed E-state index contributed by atoms with van der Waals surface area (Å²) < 4.78 is 0. The number of rotatable bonds is 6. The zero-order chi connectivity index (χ0) is 12.8. The molecule has 1 fully saturated rings. The van der Waals surface area contributed by atoms with E-state index in [1.165, 1.54) is 0 Å². The lowest BCUT2D eigenvalue weighted by molar-refractivity contribution is -0.135. The number of amides is 1. The number of carbonyl (C=O) groups excluding carboxylic acids is 1. The van der Waals surface area contributed by atoms with Gasteiger partial charge in [-0.05, 0) is 26.3 Å². The van der Waals surface area contributed by atoms with E-state index in [-0.39, 0.29) is 11.9 Å². The Labute approximate surface area is 109 Å². The second kappa shape index (κ2) is 6.91. The van der Waals surface area contributed by atoms with Gasteiger partial charge in [-0.2, -0.15) is 0 Å². The smallest absolute Gasteiger partial charge is 0.239 e. The number of likely N-dealkylation sites (tertiary alicyclic amines) is 1. The number of likely N-dealkylation sites (N-methyl/N-ethyl adjacent to an activating group) is 1. The molecule has 1 amide bonds. The minimum Gasteiger partial charge on any atom is -0.393 e. The molecule has 0 aliphatic carbocycles. The molecule has 1 saturated heterocycles. The van der Waals surface area contributed by atoms with Crippen LogP contribution in [0.25, 0.3) is 0 Å². The monoisotopic (exact) mass is 257 g/mol. The third kappa shape index (κ3) is 4.24. The van der Waals surface area contributed by atoms with Crippen LogP contribution in [-0.2, 0) is 4.79 Å². The SMILES string of the molecule is CCN(CCC(N)=S)C(C)C(=O)N1CCCC1. The molecule has 0 bridgehead atoms. The number of thiocarbonyl (C=S) groups is 1. The molecule has 0 aromatic heterocycles. The van der Waals surface area contributed by atoms with E-state index < -0.39 is 0 Å². The van der Waals surface area contributed by atoms with Gasteiger partial charge in [0.25, 0.3) is 0 Å². The molecule has 98 valence electrons. The second-order valence-electron chi connectivity index (χ2n) is 4.55. The first-order valence-corrected chi connectivity index (χ1v) is 6.78. The Morgan fingerprint density at radius 1 is 1.47 bits per heavy atom. The van der Waals surface area contributed by atoms with Crippen molar-refractivity contribution in [3.05, 3.63) is 0 Å². The minimum absolute atomic E-state index is 0.0625. The highest BCUT2D eigenvalue weighted by atomic mass is 32.1. The maximum absolute atomic E-state index is 12.2. The van der Waals surface area contributed by atoms with Crippen LogP contribution in [0.2, 0.25) is 0 Å². The van der Waals surface area contributed by atoms with Gasteiger partial charge in [0.05, 0.1) is 11.0 Å². The Morgan fingerprint density at radius 2 is 2.06 bits per heavy atom. The highest BCUT2D eigenvalue weighted by Gasteiger charge is 2.26. The number of nitrogens with two attached hydrogens (primary N) is 1. The van der Waals surface area contributed by atoms with E-state index in [4.69, 9.17) is 18.0 Å². The van der Waals surface area contributed by atoms with E-state index in [0.29, 0.717) is 11.4 Å². The third-order valence-corrected chi connectivity index (χ3v) is 3.58. The molecule has 1 atom stereocenters. The van der Waals surface area contributed by atoms with Gasteiger partial charge in [-0.15, -0.1) is 0 Å². The number of carbonyl (C=O) groups is 1. The normalized spacial score (nSPS) is 17.5. The molecule has 0 aromatic carbocycles. The maximum atomic E-state index is 12.2. The van der Waals surface area contributed by atoms with Crippen LogP contribution in [-0.4, -0.2) is 52.9 Å².